The minimum absolute atomic E-state index is 0.0448. The summed E-state index contributed by atoms with van der Waals surface area (Å²) in [6.07, 6.45) is 4.95. The lowest BCUT2D eigenvalue weighted by atomic mass is 10.2. The molecule has 2 rings (SSSR count). The number of thioether (sulfide) groups is 1. The van der Waals surface area contributed by atoms with Crippen molar-refractivity contribution in [2.24, 2.45) is 0 Å². The molecule has 0 fully saturated rings. The summed E-state index contributed by atoms with van der Waals surface area (Å²) in [5, 5.41) is 1.39. The molecule has 0 radical (unpaired) electrons. The van der Waals surface area contributed by atoms with Crippen molar-refractivity contribution in [1.29, 1.82) is 0 Å². The number of nitrogens with zero attached hydrogens (tertiary/aromatic N) is 1. The van der Waals surface area contributed by atoms with E-state index in [1.165, 1.54) is 25.7 Å². The molecule has 3 nitrogen and oxygen atoms in total. The minimum Gasteiger partial charge on any atom is -0.301 e. The summed E-state index contributed by atoms with van der Waals surface area (Å²) >= 11 is 1.63. The van der Waals surface area contributed by atoms with Crippen LogP contribution in [0.2, 0.25) is 0 Å². The summed E-state index contributed by atoms with van der Waals surface area (Å²) in [6.45, 7) is 2.20. The van der Waals surface area contributed by atoms with Crippen molar-refractivity contribution < 1.29 is 0 Å². The molecule has 0 unspecified atom stereocenters. The predicted octanol–water partition coefficient (Wildman–Crippen LogP) is 3.60. The molecule has 0 saturated carbocycles. The summed E-state index contributed by atoms with van der Waals surface area (Å²) in [4.78, 5) is 19.1. The molecule has 1 aromatic heterocycles. The zero-order valence-electron chi connectivity index (χ0n) is 10.6. The van der Waals surface area contributed by atoms with Crippen molar-refractivity contribution in [3.05, 3.63) is 34.6 Å². The summed E-state index contributed by atoms with van der Waals surface area (Å²) < 4.78 is 0. The molecule has 0 spiro atoms. The number of aromatic nitrogens is 2. The van der Waals surface area contributed by atoms with Gasteiger partial charge in [0.1, 0.15) is 0 Å². The van der Waals surface area contributed by atoms with Gasteiger partial charge in [0.15, 0.2) is 5.16 Å². The van der Waals surface area contributed by atoms with Gasteiger partial charge in [-0.1, -0.05) is 50.1 Å². The summed E-state index contributed by atoms with van der Waals surface area (Å²) in [5.41, 5.74) is 0.731. The first-order valence-electron chi connectivity index (χ1n) is 6.43. The van der Waals surface area contributed by atoms with Gasteiger partial charge in [0.05, 0.1) is 10.9 Å². The highest BCUT2D eigenvalue weighted by molar-refractivity contribution is 7.99. The molecule has 2 aromatic rings. The Labute approximate surface area is 111 Å². The zero-order chi connectivity index (χ0) is 12.8. The van der Waals surface area contributed by atoms with Crippen molar-refractivity contribution in [3.63, 3.8) is 0 Å². The lowest BCUT2D eigenvalue weighted by molar-refractivity contribution is 0.706. The fourth-order valence-electron chi connectivity index (χ4n) is 1.83. The van der Waals surface area contributed by atoms with Gasteiger partial charge >= 0.3 is 0 Å². The largest absolute Gasteiger partial charge is 0.301 e. The molecule has 0 aliphatic carbocycles. The SMILES string of the molecule is CCCCCCSc1nc2ccccc2c(=O)[nH]1. The van der Waals surface area contributed by atoms with Gasteiger partial charge in [-0.2, -0.15) is 0 Å². The van der Waals surface area contributed by atoms with Gasteiger partial charge in [0.2, 0.25) is 0 Å². The Hall–Kier alpha value is -1.29. The Morgan fingerprint density at radius 1 is 1.22 bits per heavy atom. The number of unbranched alkanes of at least 4 members (excludes halogenated alkanes) is 3. The maximum atomic E-state index is 11.8. The van der Waals surface area contributed by atoms with Gasteiger partial charge in [0.25, 0.3) is 5.56 Å². The highest BCUT2D eigenvalue weighted by Gasteiger charge is 2.03. The van der Waals surface area contributed by atoms with E-state index in [0.29, 0.717) is 5.39 Å². The van der Waals surface area contributed by atoms with Crippen LogP contribution in [0.25, 0.3) is 10.9 Å². The third kappa shape index (κ3) is 3.35. The second kappa shape index (κ2) is 6.59. The molecule has 0 atom stereocenters. The maximum absolute atomic E-state index is 11.8. The molecule has 0 amide bonds. The topological polar surface area (TPSA) is 45.8 Å². The van der Waals surface area contributed by atoms with Gasteiger partial charge in [-0.05, 0) is 18.6 Å². The third-order valence-corrected chi connectivity index (χ3v) is 3.79. The average molecular weight is 262 g/mol. The van der Waals surface area contributed by atoms with Crippen LogP contribution in [0.15, 0.2) is 34.2 Å². The molecule has 4 heteroatoms. The molecule has 18 heavy (non-hydrogen) atoms. The summed E-state index contributed by atoms with van der Waals surface area (Å²) in [7, 11) is 0. The molecule has 1 N–H and O–H groups in total. The highest BCUT2D eigenvalue weighted by atomic mass is 32.2. The Morgan fingerprint density at radius 2 is 2.06 bits per heavy atom. The minimum atomic E-state index is -0.0448. The van der Waals surface area contributed by atoms with Crippen LogP contribution in [0.3, 0.4) is 0 Å². The van der Waals surface area contributed by atoms with E-state index in [2.05, 4.69) is 16.9 Å². The standard InChI is InChI=1S/C14H18N2OS/c1-2-3-4-7-10-18-14-15-12-9-6-5-8-11(12)13(17)16-14/h5-6,8-9H,2-4,7,10H2,1H3,(H,15,16,17). The first-order chi connectivity index (χ1) is 8.81. The maximum Gasteiger partial charge on any atom is 0.259 e. The molecular weight excluding hydrogens is 244 g/mol. The van der Waals surface area contributed by atoms with Gasteiger partial charge in [0, 0.05) is 5.75 Å². The quantitative estimate of drug-likeness (QED) is 0.491. The monoisotopic (exact) mass is 262 g/mol. The van der Waals surface area contributed by atoms with Crippen LogP contribution in [-0.4, -0.2) is 15.7 Å². The van der Waals surface area contributed by atoms with Crippen LogP contribution >= 0.6 is 11.8 Å². The molecule has 0 aliphatic rings. The first-order valence-corrected chi connectivity index (χ1v) is 7.41. The number of hydrogen-bond acceptors (Lipinski definition) is 3. The van der Waals surface area contributed by atoms with E-state index in [-0.39, 0.29) is 5.56 Å². The number of hydrogen-bond donors (Lipinski definition) is 1. The predicted molar refractivity (Wildman–Crippen MR) is 77.2 cm³/mol. The normalized spacial score (nSPS) is 10.9. The van der Waals surface area contributed by atoms with Crippen molar-refractivity contribution >= 4 is 22.7 Å². The van der Waals surface area contributed by atoms with Crippen molar-refractivity contribution in [3.8, 4) is 0 Å². The van der Waals surface area contributed by atoms with Crippen LogP contribution in [-0.2, 0) is 0 Å². The van der Waals surface area contributed by atoms with E-state index in [9.17, 15) is 4.79 Å². The number of aromatic amines is 1. The van der Waals surface area contributed by atoms with Crippen molar-refractivity contribution in [1.82, 2.24) is 9.97 Å². The lowest BCUT2D eigenvalue weighted by Gasteiger charge is -2.02. The number of nitrogens with one attached hydrogen (secondary N) is 1. The Morgan fingerprint density at radius 3 is 2.89 bits per heavy atom. The zero-order valence-corrected chi connectivity index (χ0v) is 11.4. The van der Waals surface area contributed by atoms with E-state index in [1.54, 1.807) is 17.8 Å². The van der Waals surface area contributed by atoms with Crippen molar-refractivity contribution in [2.75, 3.05) is 5.75 Å². The van der Waals surface area contributed by atoms with Crippen LogP contribution < -0.4 is 5.56 Å². The summed E-state index contributed by atoms with van der Waals surface area (Å²) in [6, 6.07) is 7.45. The Kier molecular flexibility index (Phi) is 4.81. The Balaban J connectivity index is 2.03. The number of rotatable bonds is 6. The fraction of sp³-hybridized carbons (Fsp3) is 0.429. The van der Waals surface area contributed by atoms with Gasteiger partial charge in [-0.3, -0.25) is 4.79 Å². The van der Waals surface area contributed by atoms with E-state index < -0.39 is 0 Å². The number of benzene rings is 1. The summed E-state index contributed by atoms with van der Waals surface area (Å²) in [5.74, 6) is 1.02. The van der Waals surface area contributed by atoms with E-state index in [0.717, 1.165) is 16.4 Å². The first kappa shape index (κ1) is 13.1. The van der Waals surface area contributed by atoms with Gasteiger partial charge in [-0.25, -0.2) is 4.98 Å². The smallest absolute Gasteiger partial charge is 0.259 e. The molecular formula is C14H18N2OS. The van der Waals surface area contributed by atoms with Gasteiger partial charge in [-0.15, -0.1) is 0 Å². The van der Waals surface area contributed by atoms with Gasteiger partial charge < -0.3 is 4.98 Å². The van der Waals surface area contributed by atoms with Crippen LogP contribution in [0.1, 0.15) is 32.6 Å². The van der Waals surface area contributed by atoms with Crippen LogP contribution in [0, 0.1) is 0 Å². The number of fused-ring (bicyclic) bond motifs is 1. The van der Waals surface area contributed by atoms with E-state index in [4.69, 9.17) is 0 Å². The van der Waals surface area contributed by atoms with Crippen LogP contribution in [0.4, 0.5) is 0 Å². The van der Waals surface area contributed by atoms with Crippen molar-refractivity contribution in [2.45, 2.75) is 37.8 Å². The molecule has 0 bridgehead atoms. The number of para-hydroxylation sites is 1. The second-order valence-corrected chi connectivity index (χ2v) is 5.38. The third-order valence-electron chi connectivity index (χ3n) is 2.83. The van der Waals surface area contributed by atoms with E-state index in [1.807, 2.05) is 18.2 Å². The fourth-order valence-corrected chi connectivity index (χ4v) is 2.70. The average Bonchev–Trinajstić information content (AvgIpc) is 2.39. The molecule has 0 saturated heterocycles. The Bertz CT molecular complexity index is 565. The second-order valence-electron chi connectivity index (χ2n) is 4.30. The molecule has 96 valence electrons. The van der Waals surface area contributed by atoms with E-state index >= 15 is 0 Å². The lowest BCUT2D eigenvalue weighted by Crippen LogP contribution is -2.09. The number of H-pyrrole nitrogens is 1. The molecule has 0 aliphatic heterocycles. The molecule has 1 heterocycles. The molecule has 1 aromatic carbocycles. The highest BCUT2D eigenvalue weighted by Crippen LogP contribution is 2.16. The van der Waals surface area contributed by atoms with Crippen LogP contribution in [0.5, 0.6) is 0 Å².